The van der Waals surface area contributed by atoms with Crippen molar-refractivity contribution in [2.75, 3.05) is 33.2 Å². The molecule has 8 heteroatoms. The maximum absolute atomic E-state index is 12.3. The molecule has 1 aliphatic heterocycles. The second kappa shape index (κ2) is 9.96. The van der Waals surface area contributed by atoms with Crippen molar-refractivity contribution in [1.82, 2.24) is 15.1 Å². The number of nitrogens with one attached hydrogen (secondary N) is 1. The number of thiophene rings is 1. The smallest absolute Gasteiger partial charge is 0.289 e. The predicted octanol–water partition coefficient (Wildman–Crippen LogP) is 3.05. The molecule has 0 radical (unpaired) electrons. The van der Waals surface area contributed by atoms with Gasteiger partial charge in [-0.2, -0.15) is 0 Å². The Morgan fingerprint density at radius 3 is 2.46 bits per heavy atom. The number of amides is 1. The van der Waals surface area contributed by atoms with Crippen LogP contribution in [0.2, 0.25) is 0 Å². The molecule has 1 saturated heterocycles. The Hall–Kier alpha value is -1.55. The molecule has 0 unspecified atom stereocenters. The Morgan fingerprint density at radius 1 is 1.19 bits per heavy atom. The van der Waals surface area contributed by atoms with Crippen LogP contribution in [0.4, 0.5) is 0 Å². The van der Waals surface area contributed by atoms with Crippen LogP contribution in [-0.2, 0) is 13.0 Å². The van der Waals surface area contributed by atoms with Crippen molar-refractivity contribution in [3.8, 4) is 0 Å². The van der Waals surface area contributed by atoms with E-state index in [9.17, 15) is 4.79 Å². The largest absolute Gasteiger partial charge is 0.459 e. The molecule has 0 aliphatic carbocycles. The van der Waals surface area contributed by atoms with Gasteiger partial charge < -0.3 is 19.5 Å². The van der Waals surface area contributed by atoms with Gasteiger partial charge in [0, 0.05) is 43.0 Å². The van der Waals surface area contributed by atoms with E-state index in [0.717, 1.165) is 32.0 Å². The van der Waals surface area contributed by atoms with Gasteiger partial charge >= 0.3 is 0 Å². The van der Waals surface area contributed by atoms with Crippen LogP contribution < -0.4 is 5.32 Å². The standard InChI is InChI=1S/C18H24N4O2S.HI/c1-3-14-6-7-15(25-14)13-20-18(19-2)22-10-8-21(9-11-22)17(23)16-5-4-12-24-16;/h4-7,12H,3,8-11,13H2,1-2H3,(H,19,20);1H. The van der Waals surface area contributed by atoms with Crippen LogP contribution in [-0.4, -0.2) is 54.9 Å². The van der Waals surface area contributed by atoms with Crippen molar-refractivity contribution >= 4 is 47.2 Å². The van der Waals surface area contributed by atoms with E-state index in [1.165, 1.54) is 16.0 Å². The summed E-state index contributed by atoms with van der Waals surface area (Å²) in [4.78, 5) is 23.4. The first kappa shape index (κ1) is 20.8. The average molecular weight is 488 g/mol. The van der Waals surface area contributed by atoms with Gasteiger partial charge in [-0.25, -0.2) is 0 Å². The summed E-state index contributed by atoms with van der Waals surface area (Å²) >= 11 is 1.84. The summed E-state index contributed by atoms with van der Waals surface area (Å²) in [6.07, 6.45) is 2.61. The second-order valence-electron chi connectivity index (χ2n) is 5.88. The number of hydrogen-bond acceptors (Lipinski definition) is 4. The van der Waals surface area contributed by atoms with Crippen LogP contribution in [0.5, 0.6) is 0 Å². The van der Waals surface area contributed by atoms with Crippen LogP contribution in [0, 0.1) is 0 Å². The van der Waals surface area contributed by atoms with Crippen molar-refractivity contribution in [2.24, 2.45) is 4.99 Å². The number of rotatable bonds is 4. The Labute approximate surface area is 175 Å². The molecular formula is C18H25IN4O2S. The van der Waals surface area contributed by atoms with Crippen LogP contribution in [0.25, 0.3) is 0 Å². The van der Waals surface area contributed by atoms with E-state index < -0.39 is 0 Å². The van der Waals surface area contributed by atoms with Gasteiger partial charge in [-0.1, -0.05) is 6.92 Å². The molecule has 1 fully saturated rings. The van der Waals surface area contributed by atoms with E-state index in [-0.39, 0.29) is 29.9 Å². The minimum atomic E-state index is -0.0433. The third kappa shape index (κ3) is 5.00. The topological polar surface area (TPSA) is 61.1 Å². The van der Waals surface area contributed by atoms with E-state index in [4.69, 9.17) is 4.42 Å². The number of carbonyl (C=O) groups is 1. The Bertz CT molecular complexity index is 721. The van der Waals surface area contributed by atoms with Gasteiger partial charge in [-0.3, -0.25) is 9.79 Å². The number of piperazine rings is 1. The normalized spacial score (nSPS) is 14.9. The molecule has 1 amide bonds. The maximum atomic E-state index is 12.3. The maximum Gasteiger partial charge on any atom is 0.289 e. The number of furan rings is 1. The van der Waals surface area contributed by atoms with Gasteiger partial charge in [0.2, 0.25) is 0 Å². The van der Waals surface area contributed by atoms with Crippen molar-refractivity contribution in [3.05, 3.63) is 46.0 Å². The molecule has 0 aromatic carbocycles. The summed E-state index contributed by atoms with van der Waals surface area (Å²) in [5, 5.41) is 3.43. The Kier molecular flexibility index (Phi) is 7.95. The second-order valence-corrected chi connectivity index (χ2v) is 7.13. The lowest BCUT2D eigenvalue weighted by atomic mass is 10.3. The first-order valence-corrected chi connectivity index (χ1v) is 9.39. The summed E-state index contributed by atoms with van der Waals surface area (Å²) < 4.78 is 5.20. The monoisotopic (exact) mass is 488 g/mol. The molecule has 0 atom stereocenters. The fourth-order valence-electron chi connectivity index (χ4n) is 2.88. The van der Waals surface area contributed by atoms with E-state index in [1.807, 2.05) is 16.2 Å². The SMILES string of the molecule is CCc1ccc(CNC(=NC)N2CCN(C(=O)c3ccco3)CC2)s1.I. The zero-order valence-corrected chi connectivity index (χ0v) is 18.3. The van der Waals surface area contributed by atoms with Crippen molar-refractivity contribution < 1.29 is 9.21 Å². The summed E-state index contributed by atoms with van der Waals surface area (Å²) in [5.74, 6) is 1.25. The number of nitrogens with zero attached hydrogens (tertiary/aromatic N) is 3. The van der Waals surface area contributed by atoms with Gasteiger partial charge in [-0.05, 0) is 30.7 Å². The first-order valence-electron chi connectivity index (χ1n) is 8.57. The summed E-state index contributed by atoms with van der Waals surface area (Å²) in [5.41, 5.74) is 0. The minimum absolute atomic E-state index is 0. The highest BCUT2D eigenvalue weighted by Crippen LogP contribution is 2.16. The summed E-state index contributed by atoms with van der Waals surface area (Å²) in [7, 11) is 1.80. The van der Waals surface area contributed by atoms with Crippen molar-refractivity contribution in [3.63, 3.8) is 0 Å². The number of guanidine groups is 1. The van der Waals surface area contributed by atoms with Crippen molar-refractivity contribution in [1.29, 1.82) is 0 Å². The number of hydrogen-bond donors (Lipinski definition) is 1. The van der Waals surface area contributed by atoms with Crippen LogP contribution in [0.1, 0.15) is 27.2 Å². The molecule has 1 N–H and O–H groups in total. The molecular weight excluding hydrogens is 463 g/mol. The fourth-order valence-corrected chi connectivity index (χ4v) is 3.78. The zero-order valence-electron chi connectivity index (χ0n) is 15.1. The third-order valence-corrected chi connectivity index (χ3v) is 5.53. The highest BCUT2D eigenvalue weighted by molar-refractivity contribution is 14.0. The van der Waals surface area contributed by atoms with Crippen LogP contribution in [0.3, 0.4) is 0 Å². The third-order valence-electron chi connectivity index (χ3n) is 4.30. The van der Waals surface area contributed by atoms with Gasteiger partial charge in [0.15, 0.2) is 11.7 Å². The summed E-state index contributed by atoms with van der Waals surface area (Å²) in [6, 6.07) is 7.80. The van der Waals surface area contributed by atoms with Crippen LogP contribution >= 0.6 is 35.3 Å². The van der Waals surface area contributed by atoms with E-state index in [2.05, 4.69) is 34.3 Å². The highest BCUT2D eigenvalue weighted by atomic mass is 127. The number of aliphatic imine (C=N–C) groups is 1. The van der Waals surface area contributed by atoms with Gasteiger partial charge in [0.25, 0.3) is 5.91 Å². The minimum Gasteiger partial charge on any atom is -0.459 e. The lowest BCUT2D eigenvalue weighted by molar-refractivity contribution is 0.0657. The molecule has 3 rings (SSSR count). The fraction of sp³-hybridized carbons (Fsp3) is 0.444. The van der Waals surface area contributed by atoms with E-state index in [0.29, 0.717) is 18.8 Å². The molecule has 3 heterocycles. The molecule has 6 nitrogen and oxygen atoms in total. The van der Waals surface area contributed by atoms with Crippen molar-refractivity contribution in [2.45, 2.75) is 19.9 Å². The van der Waals surface area contributed by atoms with Crippen LogP contribution in [0.15, 0.2) is 39.9 Å². The molecule has 1 aliphatic rings. The Balaban J connectivity index is 0.00000243. The number of aryl methyl sites for hydroxylation is 1. The van der Waals surface area contributed by atoms with Gasteiger partial charge in [0.05, 0.1) is 12.8 Å². The lowest BCUT2D eigenvalue weighted by Crippen LogP contribution is -2.53. The van der Waals surface area contributed by atoms with Gasteiger partial charge in [0.1, 0.15) is 0 Å². The number of halogens is 1. The predicted molar refractivity (Wildman–Crippen MR) is 115 cm³/mol. The molecule has 0 saturated carbocycles. The van der Waals surface area contributed by atoms with E-state index in [1.54, 1.807) is 19.2 Å². The molecule has 2 aromatic heterocycles. The number of carbonyl (C=O) groups excluding carboxylic acids is 1. The average Bonchev–Trinajstić information content (AvgIpc) is 3.34. The van der Waals surface area contributed by atoms with E-state index >= 15 is 0 Å². The lowest BCUT2D eigenvalue weighted by Gasteiger charge is -2.36. The highest BCUT2D eigenvalue weighted by Gasteiger charge is 2.25. The molecule has 142 valence electrons. The first-order chi connectivity index (χ1) is 12.2. The molecule has 2 aromatic rings. The molecule has 26 heavy (non-hydrogen) atoms. The molecule has 0 spiro atoms. The van der Waals surface area contributed by atoms with Gasteiger partial charge in [-0.15, -0.1) is 35.3 Å². The zero-order chi connectivity index (χ0) is 17.6. The quantitative estimate of drug-likeness (QED) is 0.409. The Morgan fingerprint density at radius 2 is 1.88 bits per heavy atom. The summed E-state index contributed by atoms with van der Waals surface area (Å²) in [6.45, 7) is 5.81. The molecule has 0 bridgehead atoms.